The van der Waals surface area contributed by atoms with E-state index in [4.69, 9.17) is 0 Å². The van der Waals surface area contributed by atoms with Crippen molar-refractivity contribution in [1.82, 2.24) is 9.78 Å². The van der Waals surface area contributed by atoms with Gasteiger partial charge in [-0.3, -0.25) is 0 Å². The highest BCUT2D eigenvalue weighted by molar-refractivity contribution is 5.30. The molecule has 0 unspecified atom stereocenters. The molecule has 12 heavy (non-hydrogen) atoms. The van der Waals surface area contributed by atoms with Crippen molar-refractivity contribution < 1.29 is 0 Å². The van der Waals surface area contributed by atoms with Crippen molar-refractivity contribution in [3.05, 3.63) is 23.5 Å². The van der Waals surface area contributed by atoms with Gasteiger partial charge in [-0.1, -0.05) is 19.9 Å². The van der Waals surface area contributed by atoms with Crippen LogP contribution in [0.15, 0.2) is 12.1 Å². The second-order valence-electron chi connectivity index (χ2n) is 2.65. The molecule has 1 aliphatic heterocycles. The molecular formula is C10H16N2. The molecule has 1 aliphatic rings. The van der Waals surface area contributed by atoms with Gasteiger partial charge in [-0.25, -0.2) is 4.68 Å². The second-order valence-corrected chi connectivity index (χ2v) is 2.65. The minimum absolute atomic E-state index is 1.11. The normalized spacial score (nSPS) is 13.2. The summed E-state index contributed by atoms with van der Waals surface area (Å²) in [7, 11) is 0. The Morgan fingerprint density at radius 3 is 2.83 bits per heavy atom. The van der Waals surface area contributed by atoms with Crippen LogP contribution in [-0.4, -0.2) is 9.78 Å². The van der Waals surface area contributed by atoms with Crippen molar-refractivity contribution in [2.75, 3.05) is 0 Å². The lowest BCUT2D eigenvalue weighted by atomic mass is 10.2. The molecule has 0 amide bonds. The van der Waals surface area contributed by atoms with E-state index in [-0.39, 0.29) is 0 Å². The third-order valence-corrected chi connectivity index (χ3v) is 1.75. The number of aromatic nitrogens is 2. The molecule has 0 atom stereocenters. The lowest BCUT2D eigenvalue weighted by Crippen LogP contribution is -2.00. The Hall–Kier alpha value is -1.05. The highest BCUT2D eigenvalue weighted by Gasteiger charge is 2.04. The minimum atomic E-state index is 1.11. The van der Waals surface area contributed by atoms with Gasteiger partial charge in [0.25, 0.3) is 0 Å². The van der Waals surface area contributed by atoms with Gasteiger partial charge in [0.05, 0.1) is 5.69 Å². The van der Waals surface area contributed by atoms with Gasteiger partial charge in [-0.2, -0.15) is 5.10 Å². The first-order valence-corrected chi connectivity index (χ1v) is 4.58. The Kier molecular flexibility index (Phi) is 3.09. The summed E-state index contributed by atoms with van der Waals surface area (Å²) in [6, 6.07) is 2.14. The molecule has 0 N–H and O–H groups in total. The monoisotopic (exact) mass is 164 g/mol. The molecule has 2 nitrogen and oxygen atoms in total. The lowest BCUT2D eigenvalue weighted by Gasteiger charge is -2.04. The maximum absolute atomic E-state index is 4.28. The largest absolute Gasteiger partial charge is 0.245 e. The van der Waals surface area contributed by atoms with Crippen molar-refractivity contribution in [2.45, 2.75) is 33.6 Å². The van der Waals surface area contributed by atoms with E-state index in [9.17, 15) is 0 Å². The molecule has 2 rings (SSSR count). The van der Waals surface area contributed by atoms with Gasteiger partial charge in [0.2, 0.25) is 0 Å². The zero-order valence-corrected chi connectivity index (χ0v) is 8.04. The SMILES string of the molecule is CC.Cc1cc2n(n1)C=CCC2. The number of hydrogen-bond acceptors (Lipinski definition) is 1. The average molecular weight is 164 g/mol. The highest BCUT2D eigenvalue weighted by atomic mass is 15.3. The van der Waals surface area contributed by atoms with Gasteiger partial charge in [0, 0.05) is 11.9 Å². The van der Waals surface area contributed by atoms with Crippen molar-refractivity contribution in [3.8, 4) is 0 Å². The smallest absolute Gasteiger partial charge is 0.0600 e. The van der Waals surface area contributed by atoms with E-state index < -0.39 is 0 Å². The summed E-state index contributed by atoms with van der Waals surface area (Å²) in [4.78, 5) is 0. The van der Waals surface area contributed by atoms with Crippen molar-refractivity contribution in [3.63, 3.8) is 0 Å². The topological polar surface area (TPSA) is 17.8 Å². The maximum atomic E-state index is 4.28. The molecule has 1 aromatic rings. The summed E-state index contributed by atoms with van der Waals surface area (Å²) in [6.45, 7) is 6.03. The molecule has 0 bridgehead atoms. The fourth-order valence-corrected chi connectivity index (χ4v) is 1.29. The fraction of sp³-hybridized carbons (Fsp3) is 0.500. The predicted octanol–water partition coefficient (Wildman–Crippen LogP) is 2.63. The quantitative estimate of drug-likeness (QED) is 0.576. The van der Waals surface area contributed by atoms with Gasteiger partial charge in [0.15, 0.2) is 0 Å². The Bertz CT molecular complexity index is 271. The third-order valence-electron chi connectivity index (χ3n) is 1.75. The number of rotatable bonds is 0. The summed E-state index contributed by atoms with van der Waals surface area (Å²) in [5.41, 5.74) is 2.45. The van der Waals surface area contributed by atoms with Crippen LogP contribution in [0.25, 0.3) is 6.20 Å². The van der Waals surface area contributed by atoms with Crippen LogP contribution < -0.4 is 0 Å². The fourth-order valence-electron chi connectivity index (χ4n) is 1.29. The average Bonchev–Trinajstić information content (AvgIpc) is 2.48. The molecule has 0 fully saturated rings. The zero-order chi connectivity index (χ0) is 8.97. The standard InChI is InChI=1S/C8H10N2.C2H6/c1-7-6-8-4-2-3-5-10(8)9-7;1-2/h3,5-6H,2,4H2,1H3;1-2H3. The van der Waals surface area contributed by atoms with Crippen LogP contribution in [0.3, 0.4) is 0 Å². The first kappa shape index (κ1) is 9.04. The number of fused-ring (bicyclic) bond motifs is 1. The van der Waals surface area contributed by atoms with Crippen LogP contribution >= 0.6 is 0 Å². The van der Waals surface area contributed by atoms with Gasteiger partial charge in [-0.15, -0.1) is 0 Å². The molecule has 0 aromatic carbocycles. The van der Waals surface area contributed by atoms with E-state index in [1.165, 1.54) is 5.69 Å². The summed E-state index contributed by atoms with van der Waals surface area (Å²) in [5.74, 6) is 0. The molecule has 66 valence electrons. The number of allylic oxidation sites excluding steroid dienone is 1. The van der Waals surface area contributed by atoms with Crippen LogP contribution in [0.1, 0.15) is 31.7 Å². The van der Waals surface area contributed by atoms with Gasteiger partial charge < -0.3 is 0 Å². The van der Waals surface area contributed by atoms with E-state index in [1.807, 2.05) is 31.7 Å². The Labute approximate surface area is 73.9 Å². The molecule has 0 saturated heterocycles. The number of nitrogens with zero attached hydrogens (tertiary/aromatic N) is 2. The van der Waals surface area contributed by atoms with Crippen LogP contribution in [0.5, 0.6) is 0 Å². The van der Waals surface area contributed by atoms with E-state index in [1.54, 1.807) is 0 Å². The number of aryl methyl sites for hydroxylation is 2. The lowest BCUT2D eigenvalue weighted by molar-refractivity contribution is 0.794. The summed E-state index contributed by atoms with van der Waals surface area (Å²) < 4.78 is 1.96. The van der Waals surface area contributed by atoms with Crippen LogP contribution in [-0.2, 0) is 6.42 Å². The van der Waals surface area contributed by atoms with Gasteiger partial charge in [-0.05, 0) is 25.8 Å². The van der Waals surface area contributed by atoms with Crippen molar-refractivity contribution in [2.24, 2.45) is 0 Å². The van der Waals surface area contributed by atoms with Crippen LogP contribution in [0.2, 0.25) is 0 Å². The Morgan fingerprint density at radius 1 is 1.42 bits per heavy atom. The van der Waals surface area contributed by atoms with E-state index in [2.05, 4.69) is 17.2 Å². The van der Waals surface area contributed by atoms with E-state index >= 15 is 0 Å². The predicted molar refractivity (Wildman–Crippen MR) is 52.0 cm³/mol. The van der Waals surface area contributed by atoms with Gasteiger partial charge >= 0.3 is 0 Å². The third kappa shape index (κ3) is 1.76. The summed E-state index contributed by atoms with van der Waals surface area (Å²) >= 11 is 0. The van der Waals surface area contributed by atoms with Gasteiger partial charge in [0.1, 0.15) is 0 Å². The zero-order valence-electron chi connectivity index (χ0n) is 8.04. The van der Waals surface area contributed by atoms with E-state index in [0.717, 1.165) is 18.5 Å². The molecular weight excluding hydrogens is 148 g/mol. The molecule has 0 spiro atoms. The highest BCUT2D eigenvalue weighted by Crippen LogP contribution is 2.11. The molecule has 0 radical (unpaired) electrons. The minimum Gasteiger partial charge on any atom is -0.245 e. The Balaban J connectivity index is 0.000000336. The van der Waals surface area contributed by atoms with Crippen LogP contribution in [0, 0.1) is 6.92 Å². The molecule has 1 aromatic heterocycles. The molecule has 0 saturated carbocycles. The van der Waals surface area contributed by atoms with Crippen molar-refractivity contribution in [1.29, 1.82) is 0 Å². The molecule has 2 heterocycles. The molecule has 0 aliphatic carbocycles. The Morgan fingerprint density at radius 2 is 2.17 bits per heavy atom. The van der Waals surface area contributed by atoms with E-state index in [0.29, 0.717) is 0 Å². The first-order chi connectivity index (χ1) is 5.86. The second kappa shape index (κ2) is 4.10. The van der Waals surface area contributed by atoms with Crippen LogP contribution in [0.4, 0.5) is 0 Å². The summed E-state index contributed by atoms with van der Waals surface area (Å²) in [5, 5.41) is 4.28. The summed E-state index contributed by atoms with van der Waals surface area (Å²) in [6.07, 6.45) is 6.48. The maximum Gasteiger partial charge on any atom is 0.0600 e. The van der Waals surface area contributed by atoms with Crippen molar-refractivity contribution >= 4 is 6.20 Å². The first-order valence-electron chi connectivity index (χ1n) is 4.58. The molecule has 2 heteroatoms. The number of hydrogen-bond donors (Lipinski definition) is 0.